The summed E-state index contributed by atoms with van der Waals surface area (Å²) in [5.74, 6) is -1.10. The summed E-state index contributed by atoms with van der Waals surface area (Å²) in [6.45, 7) is 7.11. The Morgan fingerprint density at radius 3 is 2.52 bits per heavy atom. The summed E-state index contributed by atoms with van der Waals surface area (Å²) in [4.78, 5) is 26.5. The highest BCUT2D eigenvalue weighted by molar-refractivity contribution is 5.85. The SMILES string of the molecule is Cc1c(CC(NC(=O)OC(C)(C)C)C(=O)O)[nH]c2ccccc12. The van der Waals surface area contributed by atoms with Crippen LogP contribution >= 0.6 is 0 Å². The minimum absolute atomic E-state index is 0.162. The lowest BCUT2D eigenvalue weighted by atomic mass is 10.1. The number of ether oxygens (including phenoxy) is 1. The fourth-order valence-corrected chi connectivity index (χ4v) is 2.40. The second kappa shape index (κ2) is 6.32. The van der Waals surface area contributed by atoms with Gasteiger partial charge in [0.2, 0.25) is 0 Å². The van der Waals surface area contributed by atoms with Gasteiger partial charge in [-0.3, -0.25) is 0 Å². The number of hydrogen-bond donors (Lipinski definition) is 3. The van der Waals surface area contributed by atoms with E-state index in [1.807, 2.05) is 31.2 Å². The number of carboxylic acid groups (broad SMARTS) is 1. The Hall–Kier alpha value is -2.50. The van der Waals surface area contributed by atoms with E-state index in [0.717, 1.165) is 22.2 Å². The van der Waals surface area contributed by atoms with Crippen LogP contribution in [0.1, 0.15) is 32.0 Å². The molecule has 0 radical (unpaired) electrons. The molecule has 124 valence electrons. The van der Waals surface area contributed by atoms with Gasteiger partial charge in [-0.05, 0) is 39.3 Å². The van der Waals surface area contributed by atoms with Crippen LogP contribution in [0.5, 0.6) is 0 Å². The maximum Gasteiger partial charge on any atom is 0.408 e. The number of alkyl carbamates (subject to hydrolysis) is 1. The molecule has 3 N–H and O–H groups in total. The monoisotopic (exact) mass is 318 g/mol. The zero-order valence-electron chi connectivity index (χ0n) is 13.8. The molecule has 1 heterocycles. The van der Waals surface area contributed by atoms with E-state index in [-0.39, 0.29) is 6.42 Å². The largest absolute Gasteiger partial charge is 0.480 e. The summed E-state index contributed by atoms with van der Waals surface area (Å²) in [6, 6.07) is 6.69. The van der Waals surface area contributed by atoms with Crippen LogP contribution in [0, 0.1) is 6.92 Å². The van der Waals surface area contributed by atoms with Crippen molar-refractivity contribution in [2.24, 2.45) is 0 Å². The normalized spacial score (nSPS) is 12.9. The average molecular weight is 318 g/mol. The molecule has 0 saturated carbocycles. The quantitative estimate of drug-likeness (QED) is 0.808. The van der Waals surface area contributed by atoms with Gasteiger partial charge in [-0.15, -0.1) is 0 Å². The molecule has 6 nitrogen and oxygen atoms in total. The molecular formula is C17H22N2O4. The van der Waals surface area contributed by atoms with Crippen molar-refractivity contribution in [2.75, 3.05) is 0 Å². The summed E-state index contributed by atoms with van der Waals surface area (Å²) in [6.07, 6.45) is -0.576. The Balaban J connectivity index is 2.17. The molecule has 0 spiro atoms. The lowest BCUT2D eigenvalue weighted by Gasteiger charge is -2.22. The Morgan fingerprint density at radius 1 is 1.30 bits per heavy atom. The van der Waals surface area contributed by atoms with E-state index in [9.17, 15) is 14.7 Å². The highest BCUT2D eigenvalue weighted by atomic mass is 16.6. The Labute approximate surface area is 134 Å². The first-order valence-electron chi connectivity index (χ1n) is 7.46. The third-order valence-electron chi connectivity index (χ3n) is 3.47. The van der Waals surface area contributed by atoms with Crippen molar-refractivity contribution in [1.82, 2.24) is 10.3 Å². The molecule has 1 unspecified atom stereocenters. The number of para-hydroxylation sites is 1. The second-order valence-electron chi connectivity index (χ2n) is 6.52. The van der Waals surface area contributed by atoms with Gasteiger partial charge in [-0.25, -0.2) is 9.59 Å². The number of amides is 1. The Bertz CT molecular complexity index is 728. The van der Waals surface area contributed by atoms with Gasteiger partial charge in [0.15, 0.2) is 0 Å². The molecule has 2 rings (SSSR count). The van der Waals surface area contributed by atoms with Gasteiger partial charge in [-0.1, -0.05) is 18.2 Å². The number of aromatic amines is 1. The molecular weight excluding hydrogens is 296 g/mol. The van der Waals surface area contributed by atoms with Crippen LogP contribution in [-0.4, -0.2) is 33.8 Å². The van der Waals surface area contributed by atoms with Crippen LogP contribution in [0.2, 0.25) is 0 Å². The average Bonchev–Trinajstić information content (AvgIpc) is 2.73. The van der Waals surface area contributed by atoms with Crippen LogP contribution in [0.25, 0.3) is 10.9 Å². The van der Waals surface area contributed by atoms with Crippen LogP contribution in [0.15, 0.2) is 24.3 Å². The van der Waals surface area contributed by atoms with E-state index >= 15 is 0 Å². The van der Waals surface area contributed by atoms with E-state index in [1.165, 1.54) is 0 Å². The number of carbonyl (C=O) groups excluding carboxylic acids is 1. The summed E-state index contributed by atoms with van der Waals surface area (Å²) in [7, 11) is 0. The van der Waals surface area contributed by atoms with Crippen molar-refractivity contribution in [3.63, 3.8) is 0 Å². The number of aromatic nitrogens is 1. The molecule has 0 aliphatic rings. The minimum Gasteiger partial charge on any atom is -0.480 e. The molecule has 1 atom stereocenters. The lowest BCUT2D eigenvalue weighted by Crippen LogP contribution is -2.44. The molecule has 0 aliphatic carbocycles. The van der Waals surface area contributed by atoms with Gasteiger partial charge in [0.1, 0.15) is 11.6 Å². The zero-order chi connectivity index (χ0) is 17.2. The molecule has 1 amide bonds. The van der Waals surface area contributed by atoms with Crippen molar-refractivity contribution >= 4 is 23.0 Å². The third-order valence-corrected chi connectivity index (χ3v) is 3.47. The predicted molar refractivity (Wildman–Crippen MR) is 87.5 cm³/mol. The molecule has 0 saturated heterocycles. The highest BCUT2D eigenvalue weighted by Crippen LogP contribution is 2.22. The molecule has 0 bridgehead atoms. The molecule has 0 fully saturated rings. The summed E-state index contributed by atoms with van der Waals surface area (Å²) < 4.78 is 5.12. The van der Waals surface area contributed by atoms with Crippen molar-refractivity contribution in [3.05, 3.63) is 35.5 Å². The van der Waals surface area contributed by atoms with Crippen LogP contribution in [0.3, 0.4) is 0 Å². The minimum atomic E-state index is -1.10. The summed E-state index contributed by atoms with van der Waals surface area (Å²) in [5, 5.41) is 12.8. The molecule has 1 aromatic carbocycles. The van der Waals surface area contributed by atoms with E-state index in [0.29, 0.717) is 0 Å². The molecule has 0 aliphatic heterocycles. The summed E-state index contributed by atoms with van der Waals surface area (Å²) >= 11 is 0. The van der Waals surface area contributed by atoms with Gasteiger partial charge in [0.05, 0.1) is 0 Å². The van der Waals surface area contributed by atoms with Crippen LogP contribution in [0.4, 0.5) is 4.79 Å². The predicted octanol–water partition coefficient (Wildman–Crippen LogP) is 3.00. The first kappa shape index (κ1) is 16.9. The van der Waals surface area contributed by atoms with Crippen molar-refractivity contribution in [3.8, 4) is 0 Å². The summed E-state index contributed by atoms with van der Waals surface area (Å²) in [5.41, 5.74) is 2.04. The smallest absolute Gasteiger partial charge is 0.408 e. The van der Waals surface area contributed by atoms with Crippen LogP contribution in [-0.2, 0) is 16.0 Å². The first-order valence-corrected chi connectivity index (χ1v) is 7.46. The number of nitrogens with one attached hydrogen (secondary N) is 2. The Kier molecular flexibility index (Phi) is 4.63. The molecule has 23 heavy (non-hydrogen) atoms. The molecule has 2 aromatic rings. The number of benzene rings is 1. The highest BCUT2D eigenvalue weighted by Gasteiger charge is 2.25. The molecule has 6 heteroatoms. The van der Waals surface area contributed by atoms with E-state index in [2.05, 4.69) is 10.3 Å². The molecule has 1 aromatic heterocycles. The fourth-order valence-electron chi connectivity index (χ4n) is 2.40. The number of carbonyl (C=O) groups is 2. The Morgan fingerprint density at radius 2 is 1.96 bits per heavy atom. The maximum absolute atomic E-state index is 11.8. The number of H-pyrrole nitrogens is 1. The van der Waals surface area contributed by atoms with Gasteiger partial charge in [0, 0.05) is 23.0 Å². The maximum atomic E-state index is 11.8. The second-order valence-corrected chi connectivity index (χ2v) is 6.52. The van der Waals surface area contributed by atoms with Crippen molar-refractivity contribution in [2.45, 2.75) is 45.8 Å². The number of fused-ring (bicyclic) bond motifs is 1. The number of hydrogen-bond acceptors (Lipinski definition) is 3. The number of aryl methyl sites for hydroxylation is 1. The van der Waals surface area contributed by atoms with Crippen LogP contribution < -0.4 is 5.32 Å². The standard InChI is InChI=1S/C17H22N2O4/c1-10-11-7-5-6-8-12(11)18-13(10)9-14(15(20)21)19-16(22)23-17(2,3)4/h5-8,14,18H,9H2,1-4H3,(H,19,22)(H,20,21). The fraction of sp³-hybridized carbons (Fsp3) is 0.412. The van der Waals surface area contributed by atoms with Gasteiger partial charge >= 0.3 is 12.1 Å². The number of aliphatic carboxylic acids is 1. The first-order chi connectivity index (χ1) is 10.7. The van der Waals surface area contributed by atoms with Crippen molar-refractivity contribution < 1.29 is 19.4 Å². The van der Waals surface area contributed by atoms with E-state index < -0.39 is 23.7 Å². The van der Waals surface area contributed by atoms with E-state index in [4.69, 9.17) is 4.74 Å². The lowest BCUT2D eigenvalue weighted by molar-refractivity contribution is -0.139. The third kappa shape index (κ3) is 4.25. The topological polar surface area (TPSA) is 91.4 Å². The zero-order valence-corrected chi connectivity index (χ0v) is 13.8. The van der Waals surface area contributed by atoms with Gasteiger partial charge in [0.25, 0.3) is 0 Å². The van der Waals surface area contributed by atoms with E-state index in [1.54, 1.807) is 20.8 Å². The van der Waals surface area contributed by atoms with Gasteiger partial charge in [-0.2, -0.15) is 0 Å². The van der Waals surface area contributed by atoms with Crippen molar-refractivity contribution in [1.29, 1.82) is 0 Å². The van der Waals surface area contributed by atoms with Gasteiger partial charge < -0.3 is 20.1 Å². The number of carboxylic acids is 1. The number of rotatable bonds is 4.